The molecule has 0 spiro atoms. The highest BCUT2D eigenvalue weighted by molar-refractivity contribution is 5.95. The summed E-state index contributed by atoms with van der Waals surface area (Å²) in [6.45, 7) is 7.11. The second-order valence-corrected chi connectivity index (χ2v) is 8.38. The lowest BCUT2D eigenvalue weighted by Gasteiger charge is -2.29. The first-order valence-corrected chi connectivity index (χ1v) is 11.3. The minimum Gasteiger partial charge on any atom is -0.375 e. The fourth-order valence-electron chi connectivity index (χ4n) is 4.33. The van der Waals surface area contributed by atoms with Crippen LogP contribution in [-0.2, 0) is 16.1 Å². The summed E-state index contributed by atoms with van der Waals surface area (Å²) in [6.07, 6.45) is 7.12. The first kappa shape index (κ1) is 22.1. The van der Waals surface area contributed by atoms with Gasteiger partial charge in [-0.05, 0) is 63.2 Å². The number of hydrogen-bond donors (Lipinski definition) is 1. The molecule has 6 heteroatoms. The topological polar surface area (TPSA) is 48.1 Å². The zero-order chi connectivity index (χ0) is 20.5. The average molecular weight is 403 g/mol. The Bertz CT molecular complexity index is 652. The van der Waals surface area contributed by atoms with Gasteiger partial charge in [0.15, 0.2) is 0 Å². The third-order valence-electron chi connectivity index (χ3n) is 6.06. The largest absolute Gasteiger partial charge is 0.375 e. The van der Waals surface area contributed by atoms with Crippen LogP contribution in [0.5, 0.6) is 0 Å². The van der Waals surface area contributed by atoms with Crippen molar-refractivity contribution in [3.63, 3.8) is 0 Å². The molecule has 6 nitrogen and oxygen atoms in total. The Morgan fingerprint density at radius 3 is 2.69 bits per heavy atom. The summed E-state index contributed by atoms with van der Waals surface area (Å²) in [5.41, 5.74) is 3.52. The van der Waals surface area contributed by atoms with Crippen molar-refractivity contribution in [2.75, 3.05) is 69.8 Å². The zero-order valence-corrected chi connectivity index (χ0v) is 18.3. The molecular formula is C23H38N4O2. The van der Waals surface area contributed by atoms with Crippen molar-refractivity contribution in [3.8, 4) is 0 Å². The molecule has 0 saturated carbocycles. The van der Waals surface area contributed by atoms with Crippen LogP contribution in [0.15, 0.2) is 18.2 Å². The smallest absolute Gasteiger partial charge is 0.252 e. The quantitative estimate of drug-likeness (QED) is 0.843. The van der Waals surface area contributed by atoms with Gasteiger partial charge < -0.3 is 24.8 Å². The van der Waals surface area contributed by atoms with E-state index in [4.69, 9.17) is 4.74 Å². The predicted octanol–water partition coefficient (Wildman–Crippen LogP) is 2.86. The first-order valence-electron chi connectivity index (χ1n) is 11.3. The molecule has 0 radical (unpaired) electrons. The van der Waals surface area contributed by atoms with Crippen molar-refractivity contribution in [2.45, 2.75) is 45.1 Å². The SMILES string of the molecule is COCC(=O)N1CCCCCCCNCc2cc(N3CCCN(C)CC3)ccc21. The lowest BCUT2D eigenvalue weighted by molar-refractivity contribution is -0.122. The third-order valence-corrected chi connectivity index (χ3v) is 6.06. The Morgan fingerprint density at radius 2 is 1.83 bits per heavy atom. The maximum Gasteiger partial charge on any atom is 0.252 e. The number of likely N-dealkylation sites (N-methyl/N-ethyl adjacent to an activating group) is 1. The number of nitrogens with one attached hydrogen (secondary N) is 1. The molecule has 1 amide bonds. The molecule has 2 heterocycles. The molecule has 162 valence electrons. The van der Waals surface area contributed by atoms with Crippen LogP contribution in [0.25, 0.3) is 0 Å². The van der Waals surface area contributed by atoms with E-state index in [1.165, 1.54) is 43.4 Å². The van der Waals surface area contributed by atoms with Gasteiger partial charge >= 0.3 is 0 Å². The van der Waals surface area contributed by atoms with E-state index in [1.807, 2.05) is 4.90 Å². The van der Waals surface area contributed by atoms with E-state index in [2.05, 4.69) is 40.4 Å². The number of carbonyl (C=O) groups is 1. The molecule has 0 aliphatic carbocycles. The number of fused-ring (bicyclic) bond motifs is 1. The van der Waals surface area contributed by atoms with Crippen molar-refractivity contribution < 1.29 is 9.53 Å². The minimum absolute atomic E-state index is 0.0509. The Kier molecular flexibility index (Phi) is 8.77. The van der Waals surface area contributed by atoms with E-state index in [0.29, 0.717) is 0 Å². The predicted molar refractivity (Wildman–Crippen MR) is 120 cm³/mol. The second-order valence-electron chi connectivity index (χ2n) is 8.38. The van der Waals surface area contributed by atoms with Gasteiger partial charge in [0.2, 0.25) is 0 Å². The van der Waals surface area contributed by atoms with Gasteiger partial charge in [0, 0.05) is 51.2 Å². The van der Waals surface area contributed by atoms with Crippen LogP contribution in [0, 0.1) is 0 Å². The Balaban J connectivity index is 1.87. The van der Waals surface area contributed by atoms with Gasteiger partial charge in [0.05, 0.1) is 0 Å². The maximum absolute atomic E-state index is 12.8. The summed E-state index contributed by atoms with van der Waals surface area (Å²) < 4.78 is 5.17. The van der Waals surface area contributed by atoms with Gasteiger partial charge in [-0.3, -0.25) is 4.79 Å². The molecule has 2 aliphatic heterocycles. The first-order chi connectivity index (χ1) is 14.2. The van der Waals surface area contributed by atoms with Crippen LogP contribution in [0.1, 0.15) is 44.1 Å². The fourth-order valence-corrected chi connectivity index (χ4v) is 4.33. The van der Waals surface area contributed by atoms with E-state index in [9.17, 15) is 4.79 Å². The van der Waals surface area contributed by atoms with Crippen molar-refractivity contribution in [2.24, 2.45) is 0 Å². The highest BCUT2D eigenvalue weighted by Crippen LogP contribution is 2.28. The van der Waals surface area contributed by atoms with Crippen LogP contribution >= 0.6 is 0 Å². The lowest BCUT2D eigenvalue weighted by Crippen LogP contribution is -2.36. The molecule has 0 bridgehead atoms. The molecule has 3 rings (SSSR count). The summed E-state index contributed by atoms with van der Waals surface area (Å²) in [7, 11) is 3.79. The number of benzene rings is 1. The van der Waals surface area contributed by atoms with Crippen LogP contribution in [0.3, 0.4) is 0 Å². The van der Waals surface area contributed by atoms with Crippen molar-refractivity contribution in [1.82, 2.24) is 10.2 Å². The van der Waals surface area contributed by atoms with Crippen molar-refractivity contribution in [1.29, 1.82) is 0 Å². The van der Waals surface area contributed by atoms with Gasteiger partial charge in [-0.25, -0.2) is 0 Å². The highest BCUT2D eigenvalue weighted by atomic mass is 16.5. The fraction of sp³-hybridized carbons (Fsp3) is 0.696. The van der Waals surface area contributed by atoms with E-state index in [-0.39, 0.29) is 12.5 Å². The molecule has 1 aromatic rings. The molecule has 1 N–H and O–H groups in total. The number of ether oxygens (including phenoxy) is 1. The summed E-state index contributed by atoms with van der Waals surface area (Å²) in [4.78, 5) is 19.6. The van der Waals surface area contributed by atoms with Gasteiger partial charge in [-0.15, -0.1) is 0 Å². The Morgan fingerprint density at radius 1 is 1.00 bits per heavy atom. The van der Waals surface area contributed by atoms with Crippen molar-refractivity contribution in [3.05, 3.63) is 23.8 Å². The number of rotatable bonds is 3. The summed E-state index contributed by atoms with van der Waals surface area (Å²) in [5.74, 6) is 0.0509. The van der Waals surface area contributed by atoms with Gasteiger partial charge in [-0.2, -0.15) is 0 Å². The van der Waals surface area contributed by atoms with E-state index in [0.717, 1.165) is 57.9 Å². The number of hydrogen-bond acceptors (Lipinski definition) is 5. The average Bonchev–Trinajstić information content (AvgIpc) is 2.93. The Labute approximate surface area is 176 Å². The standard InChI is InChI=1S/C23H38N4O2/c1-25-12-8-13-26(16-15-25)21-9-10-22-20(17-21)18-24-11-6-4-3-5-7-14-27(22)23(28)19-29-2/h9-10,17,24H,3-8,11-16,18-19H2,1-2H3. The molecule has 1 fully saturated rings. The summed E-state index contributed by atoms with van der Waals surface area (Å²) in [6, 6.07) is 6.65. The highest BCUT2D eigenvalue weighted by Gasteiger charge is 2.21. The Hall–Kier alpha value is -1.63. The summed E-state index contributed by atoms with van der Waals surface area (Å²) >= 11 is 0. The molecule has 2 aliphatic rings. The van der Waals surface area contributed by atoms with Gasteiger partial charge in [0.1, 0.15) is 6.61 Å². The zero-order valence-electron chi connectivity index (χ0n) is 18.3. The molecule has 0 atom stereocenters. The van der Waals surface area contributed by atoms with Crippen LogP contribution in [0.4, 0.5) is 11.4 Å². The van der Waals surface area contributed by atoms with Crippen LogP contribution in [-0.4, -0.2) is 70.8 Å². The van der Waals surface area contributed by atoms with Crippen LogP contribution < -0.4 is 15.1 Å². The minimum atomic E-state index is 0.0509. The number of amides is 1. The molecule has 0 aromatic heterocycles. The van der Waals surface area contributed by atoms with Crippen LogP contribution in [0.2, 0.25) is 0 Å². The molecule has 29 heavy (non-hydrogen) atoms. The maximum atomic E-state index is 12.8. The van der Waals surface area contributed by atoms with Gasteiger partial charge in [0.25, 0.3) is 5.91 Å². The number of carbonyl (C=O) groups excluding carboxylic acids is 1. The number of nitrogens with zero attached hydrogens (tertiary/aromatic N) is 3. The van der Waals surface area contributed by atoms with E-state index >= 15 is 0 Å². The molecule has 1 aromatic carbocycles. The van der Waals surface area contributed by atoms with E-state index < -0.39 is 0 Å². The lowest BCUT2D eigenvalue weighted by atomic mass is 10.1. The van der Waals surface area contributed by atoms with Crippen molar-refractivity contribution >= 4 is 17.3 Å². The third kappa shape index (κ3) is 6.43. The summed E-state index contributed by atoms with van der Waals surface area (Å²) in [5, 5.41) is 3.60. The number of methoxy groups -OCH3 is 1. The number of anilines is 2. The molecular weight excluding hydrogens is 364 g/mol. The monoisotopic (exact) mass is 402 g/mol. The van der Waals surface area contributed by atoms with E-state index in [1.54, 1.807) is 7.11 Å². The second kappa shape index (κ2) is 11.5. The van der Waals surface area contributed by atoms with Gasteiger partial charge in [-0.1, -0.05) is 19.3 Å². The normalized spacial score (nSPS) is 20.3. The molecule has 1 saturated heterocycles. The molecule has 0 unspecified atom stereocenters.